The lowest BCUT2D eigenvalue weighted by molar-refractivity contribution is 0.157. The lowest BCUT2D eigenvalue weighted by Crippen LogP contribution is -2.44. The third kappa shape index (κ3) is 3.67. The lowest BCUT2D eigenvalue weighted by atomic mass is 10.1. The second-order valence-electron chi connectivity index (χ2n) is 6.22. The van der Waals surface area contributed by atoms with E-state index in [0.29, 0.717) is 6.54 Å². The number of benzene rings is 1. The maximum atomic E-state index is 12.1. The molecule has 5 nitrogen and oxygen atoms in total. The summed E-state index contributed by atoms with van der Waals surface area (Å²) in [4.78, 5) is 17.1. The molecule has 1 saturated heterocycles. The summed E-state index contributed by atoms with van der Waals surface area (Å²) in [5.41, 5.74) is 2.52. The molecular weight excluding hydrogens is 290 g/mol. The van der Waals surface area contributed by atoms with Gasteiger partial charge in [-0.1, -0.05) is 18.2 Å². The number of para-hydroxylation sites is 1. The highest BCUT2D eigenvalue weighted by Crippen LogP contribution is 2.19. The van der Waals surface area contributed by atoms with Crippen LogP contribution in [0, 0.1) is 0 Å². The average Bonchev–Trinajstić information content (AvgIpc) is 3.21. The van der Waals surface area contributed by atoms with Crippen molar-refractivity contribution in [1.82, 2.24) is 15.2 Å². The Labute approximate surface area is 136 Å². The number of nitrogens with zero attached hydrogens (tertiary/aromatic N) is 1. The Morgan fingerprint density at radius 2 is 2.22 bits per heavy atom. The van der Waals surface area contributed by atoms with Crippen molar-refractivity contribution in [2.45, 2.75) is 38.1 Å². The number of carbonyl (C=O) groups excluding carboxylic acids is 1. The molecule has 5 heteroatoms. The van der Waals surface area contributed by atoms with Gasteiger partial charge in [0, 0.05) is 30.2 Å². The number of aliphatic hydroxyl groups excluding tert-OH is 1. The van der Waals surface area contributed by atoms with E-state index in [0.717, 1.165) is 38.6 Å². The van der Waals surface area contributed by atoms with Gasteiger partial charge in [-0.25, -0.2) is 4.79 Å². The first-order chi connectivity index (χ1) is 11.3. The van der Waals surface area contributed by atoms with Gasteiger partial charge in [0.25, 0.3) is 0 Å². The summed E-state index contributed by atoms with van der Waals surface area (Å²) in [7, 11) is 0. The molecule has 1 atom stereocenters. The molecular formula is C18H25N3O2. The van der Waals surface area contributed by atoms with E-state index in [9.17, 15) is 9.90 Å². The molecule has 23 heavy (non-hydrogen) atoms. The van der Waals surface area contributed by atoms with Crippen molar-refractivity contribution < 1.29 is 9.90 Å². The first kappa shape index (κ1) is 15.9. The molecule has 0 radical (unpaired) electrons. The molecule has 1 aliphatic rings. The molecule has 0 spiro atoms. The number of hydrogen-bond acceptors (Lipinski definition) is 2. The molecule has 3 rings (SSSR count). The maximum absolute atomic E-state index is 12.1. The van der Waals surface area contributed by atoms with Gasteiger partial charge in [-0.15, -0.1) is 0 Å². The number of aromatic amines is 1. The van der Waals surface area contributed by atoms with Gasteiger partial charge in [-0.05, 0) is 43.7 Å². The molecule has 2 aromatic rings. The average molecular weight is 315 g/mol. The van der Waals surface area contributed by atoms with Crippen LogP contribution in [0.4, 0.5) is 4.79 Å². The van der Waals surface area contributed by atoms with Gasteiger partial charge in [-0.2, -0.15) is 0 Å². The Morgan fingerprint density at radius 3 is 3.09 bits per heavy atom. The SMILES string of the molecule is O=C(NCCCCc1c[nH]c2ccccc12)N1CCC[C@@H]1CO. The number of aromatic nitrogens is 1. The molecule has 0 saturated carbocycles. The minimum Gasteiger partial charge on any atom is -0.394 e. The van der Waals surface area contributed by atoms with Crippen LogP contribution in [-0.4, -0.2) is 46.8 Å². The lowest BCUT2D eigenvalue weighted by Gasteiger charge is -2.23. The van der Waals surface area contributed by atoms with Crippen LogP contribution in [0.1, 0.15) is 31.2 Å². The number of aryl methyl sites for hydroxylation is 1. The molecule has 2 heterocycles. The Bertz CT molecular complexity index is 653. The summed E-state index contributed by atoms with van der Waals surface area (Å²) in [6.07, 6.45) is 7.00. The maximum Gasteiger partial charge on any atom is 0.317 e. The van der Waals surface area contributed by atoms with Crippen LogP contribution < -0.4 is 5.32 Å². The van der Waals surface area contributed by atoms with Crippen LogP contribution in [0.3, 0.4) is 0 Å². The number of aliphatic hydroxyl groups is 1. The number of likely N-dealkylation sites (tertiary alicyclic amines) is 1. The number of fused-ring (bicyclic) bond motifs is 1. The van der Waals surface area contributed by atoms with Gasteiger partial charge >= 0.3 is 6.03 Å². The summed E-state index contributed by atoms with van der Waals surface area (Å²) in [5.74, 6) is 0. The van der Waals surface area contributed by atoms with E-state index in [4.69, 9.17) is 0 Å². The second-order valence-corrected chi connectivity index (χ2v) is 6.22. The summed E-state index contributed by atoms with van der Waals surface area (Å²) >= 11 is 0. The molecule has 124 valence electrons. The Morgan fingerprint density at radius 1 is 1.35 bits per heavy atom. The van der Waals surface area contributed by atoms with Crippen molar-refractivity contribution in [3.63, 3.8) is 0 Å². The summed E-state index contributed by atoms with van der Waals surface area (Å²) in [6.45, 7) is 1.51. The number of carbonyl (C=O) groups is 1. The molecule has 0 aliphatic carbocycles. The number of H-pyrrole nitrogens is 1. The minimum absolute atomic E-state index is 0.00113. The summed E-state index contributed by atoms with van der Waals surface area (Å²) < 4.78 is 0. The quantitative estimate of drug-likeness (QED) is 0.717. The number of urea groups is 1. The van der Waals surface area contributed by atoms with Gasteiger partial charge < -0.3 is 20.3 Å². The van der Waals surface area contributed by atoms with Crippen molar-refractivity contribution in [2.75, 3.05) is 19.7 Å². The highest BCUT2D eigenvalue weighted by atomic mass is 16.3. The topological polar surface area (TPSA) is 68.4 Å². The van der Waals surface area contributed by atoms with Crippen molar-refractivity contribution in [3.8, 4) is 0 Å². The van der Waals surface area contributed by atoms with Crippen LogP contribution in [0.5, 0.6) is 0 Å². The second kappa shape index (κ2) is 7.51. The highest BCUT2D eigenvalue weighted by molar-refractivity contribution is 5.83. The zero-order chi connectivity index (χ0) is 16.1. The zero-order valence-electron chi connectivity index (χ0n) is 13.4. The standard InChI is InChI=1S/C18H25N3O2/c22-13-15-7-5-11-21(15)18(23)19-10-4-3-6-14-12-20-17-9-2-1-8-16(14)17/h1-2,8-9,12,15,20,22H,3-7,10-11,13H2,(H,19,23)/t15-/m1/s1. The van der Waals surface area contributed by atoms with Gasteiger partial charge in [0.1, 0.15) is 0 Å². The number of hydrogen-bond donors (Lipinski definition) is 3. The Kier molecular flexibility index (Phi) is 5.18. The molecule has 2 amide bonds. The Hall–Kier alpha value is -2.01. The van der Waals surface area contributed by atoms with E-state index in [1.807, 2.05) is 6.07 Å². The van der Waals surface area contributed by atoms with Gasteiger partial charge in [-0.3, -0.25) is 0 Å². The molecule has 1 fully saturated rings. The van der Waals surface area contributed by atoms with Crippen molar-refractivity contribution in [3.05, 3.63) is 36.0 Å². The largest absolute Gasteiger partial charge is 0.394 e. The van der Waals surface area contributed by atoms with E-state index in [-0.39, 0.29) is 18.7 Å². The van der Waals surface area contributed by atoms with Crippen LogP contribution in [-0.2, 0) is 6.42 Å². The normalized spacial score (nSPS) is 17.8. The molecule has 0 unspecified atom stereocenters. The molecule has 3 N–H and O–H groups in total. The fourth-order valence-corrected chi connectivity index (χ4v) is 3.37. The zero-order valence-corrected chi connectivity index (χ0v) is 13.4. The third-order valence-electron chi connectivity index (χ3n) is 4.67. The molecule has 0 bridgehead atoms. The van der Waals surface area contributed by atoms with Crippen LogP contribution in [0.15, 0.2) is 30.5 Å². The van der Waals surface area contributed by atoms with E-state index in [1.165, 1.54) is 16.5 Å². The monoisotopic (exact) mass is 315 g/mol. The first-order valence-corrected chi connectivity index (χ1v) is 8.50. The molecule has 1 aromatic carbocycles. The molecule has 1 aliphatic heterocycles. The minimum atomic E-state index is -0.0337. The van der Waals surface area contributed by atoms with Crippen molar-refractivity contribution in [2.24, 2.45) is 0 Å². The smallest absolute Gasteiger partial charge is 0.317 e. The van der Waals surface area contributed by atoms with Gasteiger partial charge in [0.15, 0.2) is 0 Å². The predicted octanol–water partition coefficient (Wildman–Crippen LogP) is 2.66. The van der Waals surface area contributed by atoms with Crippen LogP contribution in [0.2, 0.25) is 0 Å². The highest BCUT2D eigenvalue weighted by Gasteiger charge is 2.27. The van der Waals surface area contributed by atoms with Crippen molar-refractivity contribution >= 4 is 16.9 Å². The number of unbranched alkanes of at least 4 members (excludes halogenated alkanes) is 1. The molecule has 1 aromatic heterocycles. The van der Waals surface area contributed by atoms with Crippen LogP contribution >= 0.6 is 0 Å². The van der Waals surface area contributed by atoms with E-state index >= 15 is 0 Å². The van der Waals surface area contributed by atoms with E-state index in [1.54, 1.807) is 4.90 Å². The number of nitrogens with one attached hydrogen (secondary N) is 2. The fraction of sp³-hybridized carbons (Fsp3) is 0.500. The third-order valence-corrected chi connectivity index (χ3v) is 4.67. The van der Waals surface area contributed by atoms with Gasteiger partial charge in [0.05, 0.1) is 12.6 Å². The number of rotatable bonds is 6. The van der Waals surface area contributed by atoms with Gasteiger partial charge in [0.2, 0.25) is 0 Å². The van der Waals surface area contributed by atoms with Crippen molar-refractivity contribution in [1.29, 1.82) is 0 Å². The predicted molar refractivity (Wildman–Crippen MR) is 91.4 cm³/mol. The summed E-state index contributed by atoms with van der Waals surface area (Å²) in [5, 5.41) is 13.5. The van der Waals surface area contributed by atoms with E-state index in [2.05, 4.69) is 34.7 Å². The van der Waals surface area contributed by atoms with Crippen LogP contribution in [0.25, 0.3) is 10.9 Å². The Balaban J connectivity index is 1.39. The first-order valence-electron chi connectivity index (χ1n) is 8.50. The number of amides is 2. The fourth-order valence-electron chi connectivity index (χ4n) is 3.37. The summed E-state index contributed by atoms with van der Waals surface area (Å²) in [6, 6.07) is 8.30. The van der Waals surface area contributed by atoms with E-state index < -0.39 is 0 Å².